The number of hydrogen-bond acceptors (Lipinski definition) is 5. The maximum Gasteiger partial charge on any atom is 0.290 e. The molecule has 0 bridgehead atoms. The van der Waals surface area contributed by atoms with Crippen LogP contribution in [0.2, 0.25) is 0 Å². The molecule has 0 aliphatic rings. The predicted octanol–water partition coefficient (Wildman–Crippen LogP) is 2.74. The van der Waals surface area contributed by atoms with Crippen LogP contribution >= 0.6 is 11.8 Å². The molecular formula is C19H19FN4O3S. The summed E-state index contributed by atoms with van der Waals surface area (Å²) in [5.41, 5.74) is 5.75. The third kappa shape index (κ3) is 4.25. The first-order valence-corrected chi connectivity index (χ1v) is 9.36. The molecule has 2 amide bonds. The van der Waals surface area contributed by atoms with Gasteiger partial charge in [0.05, 0.1) is 5.75 Å². The summed E-state index contributed by atoms with van der Waals surface area (Å²) in [4.78, 5) is 30.0. The fourth-order valence-electron chi connectivity index (χ4n) is 2.74. The SMILES string of the molecule is CN(C(=O)c1ccc(CSc2nccn2C)o1)C(C(N)=O)c1cccc(F)c1. The van der Waals surface area contributed by atoms with Crippen LogP contribution in [0.4, 0.5) is 4.39 Å². The average Bonchev–Trinajstić information content (AvgIpc) is 3.28. The van der Waals surface area contributed by atoms with E-state index in [0.29, 0.717) is 17.1 Å². The van der Waals surface area contributed by atoms with E-state index in [1.54, 1.807) is 18.3 Å². The van der Waals surface area contributed by atoms with Gasteiger partial charge in [-0.2, -0.15) is 0 Å². The molecule has 0 spiro atoms. The average molecular weight is 402 g/mol. The highest BCUT2D eigenvalue weighted by Crippen LogP contribution is 2.25. The second-order valence-corrected chi connectivity index (χ2v) is 7.09. The van der Waals surface area contributed by atoms with Crippen molar-refractivity contribution in [2.45, 2.75) is 17.0 Å². The molecule has 3 rings (SSSR count). The number of benzene rings is 1. The first-order chi connectivity index (χ1) is 13.4. The summed E-state index contributed by atoms with van der Waals surface area (Å²) in [5, 5.41) is 0.821. The van der Waals surface area contributed by atoms with E-state index in [0.717, 1.165) is 10.1 Å². The van der Waals surface area contributed by atoms with Gasteiger partial charge >= 0.3 is 0 Å². The van der Waals surface area contributed by atoms with Crippen LogP contribution in [-0.4, -0.2) is 33.3 Å². The zero-order chi connectivity index (χ0) is 20.3. The Hall–Kier alpha value is -3.07. The number of nitrogens with two attached hydrogens (primary N) is 1. The van der Waals surface area contributed by atoms with Crippen molar-refractivity contribution in [3.8, 4) is 0 Å². The van der Waals surface area contributed by atoms with E-state index in [-0.39, 0.29) is 5.76 Å². The van der Waals surface area contributed by atoms with Crippen LogP contribution in [-0.2, 0) is 17.6 Å². The smallest absolute Gasteiger partial charge is 0.290 e. The predicted molar refractivity (Wildman–Crippen MR) is 102 cm³/mol. The van der Waals surface area contributed by atoms with Gasteiger partial charge in [0.25, 0.3) is 5.91 Å². The van der Waals surface area contributed by atoms with Gasteiger partial charge in [-0.05, 0) is 29.8 Å². The third-order valence-electron chi connectivity index (χ3n) is 4.13. The zero-order valence-electron chi connectivity index (χ0n) is 15.3. The molecule has 146 valence electrons. The number of primary amides is 1. The van der Waals surface area contributed by atoms with Gasteiger partial charge in [0.1, 0.15) is 17.6 Å². The van der Waals surface area contributed by atoms with E-state index in [4.69, 9.17) is 10.2 Å². The van der Waals surface area contributed by atoms with E-state index < -0.39 is 23.7 Å². The van der Waals surface area contributed by atoms with Gasteiger partial charge in [-0.15, -0.1) is 0 Å². The molecule has 28 heavy (non-hydrogen) atoms. The van der Waals surface area contributed by atoms with Crippen molar-refractivity contribution in [2.24, 2.45) is 12.8 Å². The van der Waals surface area contributed by atoms with E-state index >= 15 is 0 Å². The van der Waals surface area contributed by atoms with Crippen molar-refractivity contribution in [2.75, 3.05) is 7.05 Å². The Morgan fingerprint density at radius 1 is 1.36 bits per heavy atom. The molecule has 2 N–H and O–H groups in total. The van der Waals surface area contributed by atoms with Crippen molar-refractivity contribution >= 4 is 23.6 Å². The highest BCUT2D eigenvalue weighted by atomic mass is 32.2. The number of likely N-dealkylation sites (N-methyl/N-ethyl adjacent to an activating group) is 1. The van der Waals surface area contributed by atoms with Crippen molar-refractivity contribution in [1.82, 2.24) is 14.5 Å². The number of thioether (sulfide) groups is 1. The Morgan fingerprint density at radius 3 is 2.79 bits per heavy atom. The van der Waals surface area contributed by atoms with Gasteiger partial charge in [-0.1, -0.05) is 23.9 Å². The maximum absolute atomic E-state index is 13.5. The minimum atomic E-state index is -1.11. The molecule has 0 aliphatic heterocycles. The molecule has 9 heteroatoms. The number of nitrogens with zero attached hydrogens (tertiary/aromatic N) is 3. The molecule has 0 saturated carbocycles. The minimum Gasteiger partial charge on any atom is -0.455 e. The highest BCUT2D eigenvalue weighted by molar-refractivity contribution is 7.98. The van der Waals surface area contributed by atoms with Crippen molar-refractivity contribution in [3.05, 3.63) is 71.7 Å². The number of aromatic nitrogens is 2. The Balaban J connectivity index is 1.74. The van der Waals surface area contributed by atoms with Gasteiger partial charge in [0.2, 0.25) is 5.91 Å². The van der Waals surface area contributed by atoms with Crippen molar-refractivity contribution < 1.29 is 18.4 Å². The van der Waals surface area contributed by atoms with E-state index in [2.05, 4.69) is 4.98 Å². The first-order valence-electron chi connectivity index (χ1n) is 8.37. The molecule has 2 heterocycles. The molecule has 3 aromatic rings. The molecule has 1 aromatic carbocycles. The van der Waals surface area contributed by atoms with Gasteiger partial charge in [0, 0.05) is 26.5 Å². The van der Waals surface area contributed by atoms with Gasteiger partial charge in [0.15, 0.2) is 10.9 Å². The monoisotopic (exact) mass is 402 g/mol. The second-order valence-electron chi connectivity index (χ2n) is 6.15. The summed E-state index contributed by atoms with van der Waals surface area (Å²) in [5.74, 6) is -0.659. The normalized spacial score (nSPS) is 12.0. The standard InChI is InChI=1S/C19H19FN4O3S/c1-23-9-8-22-19(23)28-11-14-6-7-15(27-14)18(26)24(2)16(17(21)25)12-4-3-5-13(20)10-12/h3-10,16H,11H2,1-2H3,(H2,21,25). The minimum absolute atomic E-state index is 0.0700. The highest BCUT2D eigenvalue weighted by Gasteiger charge is 2.29. The molecule has 0 aliphatic carbocycles. The van der Waals surface area contributed by atoms with Gasteiger partial charge < -0.3 is 19.6 Å². The fraction of sp³-hybridized carbons (Fsp3) is 0.211. The summed E-state index contributed by atoms with van der Waals surface area (Å²) in [6.07, 6.45) is 3.54. The third-order valence-corrected chi connectivity index (χ3v) is 5.21. The molecule has 1 atom stereocenters. The number of carbonyl (C=O) groups is 2. The molecule has 1 unspecified atom stereocenters. The molecule has 0 radical (unpaired) electrons. The Morgan fingerprint density at radius 2 is 2.14 bits per heavy atom. The summed E-state index contributed by atoms with van der Waals surface area (Å²) < 4.78 is 21.0. The first kappa shape index (κ1) is 19.7. The number of carbonyl (C=O) groups excluding carboxylic acids is 2. The molecular weight excluding hydrogens is 383 g/mol. The largest absolute Gasteiger partial charge is 0.455 e. The number of hydrogen-bond donors (Lipinski definition) is 1. The van der Waals surface area contributed by atoms with E-state index in [1.165, 1.54) is 43.1 Å². The van der Waals surface area contributed by atoms with Gasteiger partial charge in [-0.3, -0.25) is 9.59 Å². The Bertz CT molecular complexity index is 1000. The van der Waals surface area contributed by atoms with E-state index in [9.17, 15) is 14.0 Å². The van der Waals surface area contributed by atoms with Gasteiger partial charge in [-0.25, -0.2) is 9.37 Å². The number of halogens is 1. The topological polar surface area (TPSA) is 94.4 Å². The summed E-state index contributed by atoms with van der Waals surface area (Å²) in [7, 11) is 3.31. The second kappa shape index (κ2) is 8.30. The van der Waals surface area contributed by atoms with Crippen LogP contribution in [0, 0.1) is 5.82 Å². The molecule has 7 nitrogen and oxygen atoms in total. The number of rotatable bonds is 7. The van der Waals surface area contributed by atoms with Crippen LogP contribution < -0.4 is 5.73 Å². The Kier molecular flexibility index (Phi) is 5.84. The molecule has 0 saturated heterocycles. The van der Waals surface area contributed by atoms with Crippen LogP contribution in [0.1, 0.15) is 27.9 Å². The van der Waals surface area contributed by atoms with Crippen molar-refractivity contribution in [1.29, 1.82) is 0 Å². The van der Waals surface area contributed by atoms with Crippen LogP contribution in [0.25, 0.3) is 0 Å². The molecule has 0 fully saturated rings. The lowest BCUT2D eigenvalue weighted by molar-refractivity contribution is -0.122. The summed E-state index contributed by atoms with van der Waals surface area (Å²) in [6, 6.07) is 7.55. The van der Waals surface area contributed by atoms with Crippen LogP contribution in [0.3, 0.4) is 0 Å². The van der Waals surface area contributed by atoms with Crippen LogP contribution in [0.15, 0.2) is 58.4 Å². The van der Waals surface area contributed by atoms with E-state index in [1.807, 2.05) is 17.8 Å². The number of furan rings is 1. The fourth-order valence-corrected chi connectivity index (χ4v) is 3.57. The van der Waals surface area contributed by atoms with Crippen LogP contribution in [0.5, 0.6) is 0 Å². The lowest BCUT2D eigenvalue weighted by atomic mass is 10.0. The Labute approximate surface area is 165 Å². The summed E-state index contributed by atoms with van der Waals surface area (Å²) in [6.45, 7) is 0. The number of amides is 2. The van der Waals surface area contributed by atoms with Crippen molar-refractivity contribution in [3.63, 3.8) is 0 Å². The summed E-state index contributed by atoms with van der Waals surface area (Å²) >= 11 is 1.47. The number of aryl methyl sites for hydroxylation is 1. The number of imidazole rings is 1. The zero-order valence-corrected chi connectivity index (χ0v) is 16.1. The quantitative estimate of drug-likeness (QED) is 0.613. The lowest BCUT2D eigenvalue weighted by Gasteiger charge is -2.25. The maximum atomic E-state index is 13.5. The molecule has 2 aromatic heterocycles. The lowest BCUT2D eigenvalue weighted by Crippen LogP contribution is -2.39.